The first-order chi connectivity index (χ1) is 19.2. The van der Waals surface area contributed by atoms with Gasteiger partial charge in [-0.25, -0.2) is 0 Å². The van der Waals surface area contributed by atoms with Crippen molar-refractivity contribution in [3.63, 3.8) is 0 Å². The molecule has 0 bridgehead atoms. The SMILES string of the molecule is CCCN(CCC)C(=O)C1=CC=CC(C(N)=O)([C@H](Cc2ccccc2)C(O)CNCc2ccc([N+](=O)[O-])cc2)C1. The van der Waals surface area contributed by atoms with E-state index in [0.29, 0.717) is 31.6 Å². The van der Waals surface area contributed by atoms with Crippen LogP contribution in [0.5, 0.6) is 0 Å². The molecule has 40 heavy (non-hydrogen) atoms. The Hall–Kier alpha value is -3.82. The zero-order valence-corrected chi connectivity index (χ0v) is 23.3. The van der Waals surface area contributed by atoms with Crippen LogP contribution in [0.1, 0.15) is 44.2 Å². The van der Waals surface area contributed by atoms with Crippen molar-refractivity contribution in [2.24, 2.45) is 17.1 Å². The molecule has 0 spiro atoms. The van der Waals surface area contributed by atoms with E-state index in [1.165, 1.54) is 12.1 Å². The molecule has 0 fully saturated rings. The molecule has 2 amide bonds. The van der Waals surface area contributed by atoms with Crippen LogP contribution in [-0.2, 0) is 22.6 Å². The van der Waals surface area contributed by atoms with Gasteiger partial charge in [-0.3, -0.25) is 19.7 Å². The lowest BCUT2D eigenvalue weighted by molar-refractivity contribution is -0.384. The van der Waals surface area contributed by atoms with Gasteiger partial charge in [-0.2, -0.15) is 0 Å². The molecule has 2 aromatic carbocycles. The predicted molar refractivity (Wildman–Crippen MR) is 155 cm³/mol. The molecular weight excluding hydrogens is 508 g/mol. The molecule has 0 saturated carbocycles. The lowest BCUT2D eigenvalue weighted by Gasteiger charge is -2.41. The van der Waals surface area contributed by atoms with Gasteiger partial charge in [0.1, 0.15) is 0 Å². The number of nitrogens with zero attached hydrogens (tertiary/aromatic N) is 2. The van der Waals surface area contributed by atoms with Crippen molar-refractivity contribution in [3.8, 4) is 0 Å². The van der Waals surface area contributed by atoms with E-state index in [4.69, 9.17) is 5.73 Å². The first-order valence-corrected chi connectivity index (χ1v) is 13.9. The molecule has 0 heterocycles. The fourth-order valence-electron chi connectivity index (χ4n) is 5.35. The number of nitrogens with one attached hydrogen (secondary N) is 1. The number of benzene rings is 2. The molecule has 4 N–H and O–H groups in total. The summed E-state index contributed by atoms with van der Waals surface area (Å²) in [5, 5.41) is 25.7. The number of rotatable bonds is 15. The summed E-state index contributed by atoms with van der Waals surface area (Å²) in [5.74, 6) is -1.31. The van der Waals surface area contributed by atoms with Gasteiger partial charge < -0.3 is 21.1 Å². The lowest BCUT2D eigenvalue weighted by Crippen LogP contribution is -2.51. The number of aliphatic hydroxyl groups excluding tert-OH is 1. The average molecular weight is 549 g/mol. The Bertz CT molecular complexity index is 1210. The number of carbonyl (C=O) groups is 2. The Balaban J connectivity index is 1.85. The highest BCUT2D eigenvalue weighted by Gasteiger charge is 2.47. The standard InChI is InChI=1S/C31H40N4O5/c1-3-17-34(18-4-2)29(37)25-11-8-16-31(20-25,30(32)38)27(19-23-9-6-5-7-10-23)28(36)22-33-21-24-12-14-26(15-13-24)35(39)40/h5-16,27-28,33,36H,3-4,17-22H2,1-2H3,(H2,32,38)/t27-,28?,31?/m1/s1. The Labute approximate surface area is 235 Å². The molecule has 9 heteroatoms. The van der Waals surface area contributed by atoms with E-state index in [9.17, 15) is 24.8 Å². The van der Waals surface area contributed by atoms with E-state index in [1.807, 2.05) is 49.1 Å². The van der Waals surface area contributed by atoms with Crippen LogP contribution in [0.4, 0.5) is 5.69 Å². The van der Waals surface area contributed by atoms with Crippen LogP contribution in [0.2, 0.25) is 0 Å². The second-order valence-electron chi connectivity index (χ2n) is 10.3. The highest BCUT2D eigenvalue weighted by atomic mass is 16.6. The van der Waals surface area contributed by atoms with E-state index in [-0.39, 0.29) is 24.6 Å². The molecule has 0 aromatic heterocycles. The minimum absolute atomic E-state index is 0.00837. The molecule has 3 atom stereocenters. The summed E-state index contributed by atoms with van der Waals surface area (Å²) in [4.78, 5) is 39.0. The van der Waals surface area contributed by atoms with E-state index in [1.54, 1.807) is 30.4 Å². The van der Waals surface area contributed by atoms with Gasteiger partial charge in [0, 0.05) is 49.8 Å². The van der Waals surface area contributed by atoms with Crippen molar-refractivity contribution < 1.29 is 19.6 Å². The van der Waals surface area contributed by atoms with Gasteiger partial charge in [-0.15, -0.1) is 0 Å². The lowest BCUT2D eigenvalue weighted by atomic mass is 9.64. The van der Waals surface area contributed by atoms with Crippen molar-refractivity contribution in [1.29, 1.82) is 0 Å². The molecule has 0 saturated heterocycles. The topological polar surface area (TPSA) is 139 Å². The number of hydrogen-bond acceptors (Lipinski definition) is 6. The fraction of sp³-hybridized carbons (Fsp3) is 0.419. The van der Waals surface area contributed by atoms with Crippen molar-refractivity contribution in [1.82, 2.24) is 10.2 Å². The normalized spacial score (nSPS) is 18.0. The number of nitro groups is 1. The Morgan fingerprint density at radius 1 is 1.07 bits per heavy atom. The molecule has 9 nitrogen and oxygen atoms in total. The van der Waals surface area contributed by atoms with Crippen LogP contribution in [0.15, 0.2) is 78.4 Å². The van der Waals surface area contributed by atoms with Crippen molar-refractivity contribution in [3.05, 3.63) is 99.6 Å². The first kappa shape index (κ1) is 30.7. The number of nitro benzene ring substituents is 1. The summed E-state index contributed by atoms with van der Waals surface area (Å²) in [6.07, 6.45) is 6.36. The van der Waals surface area contributed by atoms with Gasteiger partial charge in [0.15, 0.2) is 0 Å². The summed E-state index contributed by atoms with van der Waals surface area (Å²) < 4.78 is 0. The second-order valence-corrected chi connectivity index (χ2v) is 10.3. The number of hydrogen-bond donors (Lipinski definition) is 3. The predicted octanol–water partition coefficient (Wildman–Crippen LogP) is 3.91. The summed E-state index contributed by atoms with van der Waals surface area (Å²) in [6, 6.07) is 15.8. The van der Waals surface area contributed by atoms with E-state index in [2.05, 4.69) is 5.32 Å². The summed E-state index contributed by atoms with van der Waals surface area (Å²) in [5.41, 5.74) is 7.09. The molecule has 2 unspecified atom stereocenters. The van der Waals surface area contributed by atoms with E-state index >= 15 is 0 Å². The smallest absolute Gasteiger partial charge is 0.269 e. The summed E-state index contributed by atoms with van der Waals surface area (Å²) >= 11 is 0. The molecular formula is C31H40N4O5. The highest BCUT2D eigenvalue weighted by molar-refractivity contribution is 5.96. The van der Waals surface area contributed by atoms with Crippen LogP contribution >= 0.6 is 0 Å². The third-order valence-corrected chi connectivity index (χ3v) is 7.44. The van der Waals surface area contributed by atoms with Gasteiger partial charge in [-0.05, 0) is 36.8 Å². The Morgan fingerprint density at radius 2 is 1.73 bits per heavy atom. The molecule has 1 aliphatic carbocycles. The number of amides is 2. The summed E-state index contributed by atoms with van der Waals surface area (Å²) in [6.45, 7) is 5.82. The van der Waals surface area contributed by atoms with Crippen LogP contribution in [-0.4, -0.2) is 52.5 Å². The monoisotopic (exact) mass is 548 g/mol. The number of aliphatic hydroxyl groups is 1. The summed E-state index contributed by atoms with van der Waals surface area (Å²) in [7, 11) is 0. The zero-order valence-electron chi connectivity index (χ0n) is 23.3. The highest BCUT2D eigenvalue weighted by Crippen LogP contribution is 2.43. The molecule has 3 rings (SSSR count). The quantitative estimate of drug-likeness (QED) is 0.228. The number of primary amides is 1. The van der Waals surface area contributed by atoms with Crippen LogP contribution in [0.3, 0.4) is 0 Å². The van der Waals surface area contributed by atoms with Gasteiger partial charge in [0.25, 0.3) is 5.69 Å². The Morgan fingerprint density at radius 3 is 2.30 bits per heavy atom. The van der Waals surface area contributed by atoms with Crippen LogP contribution in [0, 0.1) is 21.4 Å². The van der Waals surface area contributed by atoms with Crippen molar-refractivity contribution >= 4 is 17.5 Å². The largest absolute Gasteiger partial charge is 0.391 e. The number of allylic oxidation sites excluding steroid dienone is 2. The van der Waals surface area contributed by atoms with E-state index < -0.39 is 28.3 Å². The fourth-order valence-corrected chi connectivity index (χ4v) is 5.35. The van der Waals surface area contributed by atoms with Gasteiger partial charge in [0.05, 0.1) is 16.4 Å². The molecule has 0 aliphatic heterocycles. The van der Waals surface area contributed by atoms with Gasteiger partial charge in [0.2, 0.25) is 11.8 Å². The molecule has 1 aliphatic rings. The van der Waals surface area contributed by atoms with E-state index in [0.717, 1.165) is 24.0 Å². The van der Waals surface area contributed by atoms with Crippen LogP contribution in [0.25, 0.3) is 0 Å². The van der Waals surface area contributed by atoms with Gasteiger partial charge >= 0.3 is 0 Å². The van der Waals surface area contributed by atoms with Gasteiger partial charge in [-0.1, -0.05) is 74.5 Å². The Kier molecular flexibility index (Phi) is 11.2. The van der Waals surface area contributed by atoms with Crippen molar-refractivity contribution in [2.45, 2.75) is 52.2 Å². The first-order valence-electron chi connectivity index (χ1n) is 13.9. The number of carbonyl (C=O) groups excluding carboxylic acids is 2. The van der Waals surface area contributed by atoms with Crippen molar-refractivity contribution in [2.75, 3.05) is 19.6 Å². The maximum Gasteiger partial charge on any atom is 0.269 e. The zero-order chi connectivity index (χ0) is 29.1. The number of nitrogens with two attached hydrogens (primary N) is 1. The number of non-ortho nitro benzene ring substituents is 1. The minimum Gasteiger partial charge on any atom is -0.391 e. The molecule has 0 radical (unpaired) electrons. The minimum atomic E-state index is -1.27. The third kappa shape index (κ3) is 7.64. The maximum atomic E-state index is 13.5. The second kappa shape index (κ2) is 14.5. The third-order valence-electron chi connectivity index (χ3n) is 7.44. The molecule has 214 valence electrons. The maximum absolute atomic E-state index is 13.5. The van der Waals surface area contributed by atoms with Crippen LogP contribution < -0.4 is 11.1 Å². The molecule has 2 aromatic rings. The average Bonchev–Trinajstić information content (AvgIpc) is 2.96.